The quantitative estimate of drug-likeness (QED) is 0.326. The number of rotatable bonds is 7. The molecule has 0 heterocycles. The second-order valence-corrected chi connectivity index (χ2v) is 5.15. The van der Waals surface area contributed by atoms with Gasteiger partial charge in [0, 0.05) is 17.7 Å². The monoisotopic (exact) mass is 400 g/mol. The number of benzene rings is 1. The molecule has 1 atom stereocenters. The Labute approximate surface area is 148 Å². The van der Waals surface area contributed by atoms with Crippen molar-refractivity contribution in [3.63, 3.8) is 0 Å². The van der Waals surface area contributed by atoms with Crippen molar-refractivity contribution in [2.24, 2.45) is 0 Å². The zero-order valence-electron chi connectivity index (χ0n) is 13.8. The van der Waals surface area contributed by atoms with Gasteiger partial charge in [-0.3, -0.25) is 14.9 Å². The highest BCUT2D eigenvalue weighted by molar-refractivity contribution is 5.97. The first-order chi connectivity index (χ1) is 12.3. The van der Waals surface area contributed by atoms with Gasteiger partial charge in [0.15, 0.2) is 12.4 Å². The van der Waals surface area contributed by atoms with Gasteiger partial charge < -0.3 is 14.8 Å². The van der Waals surface area contributed by atoms with Gasteiger partial charge in [0.1, 0.15) is 6.04 Å². The number of nitro groups is 1. The first kappa shape index (κ1) is 22.1. The van der Waals surface area contributed by atoms with Gasteiger partial charge in [-0.25, -0.2) is 4.79 Å². The molecule has 0 aliphatic heterocycles. The number of hydrogen-bond acceptors (Lipinski definition) is 6. The molecule has 13 heteroatoms. The van der Waals surface area contributed by atoms with Crippen LogP contribution in [0.1, 0.15) is 17.3 Å². The van der Waals surface area contributed by atoms with E-state index in [1.54, 1.807) is 0 Å². The standard InChI is InChI=1S/C14H13F5N2O6/c1-7(12(23)26-2)20-11(22)8-3-4-9(21(24)25)10(5-8)27-6-13(15,16)14(17,18)19/h3-5,7H,6H2,1-2H3,(H,20,22)/t7-/m0/s1. The fourth-order valence-electron chi connectivity index (χ4n) is 1.69. The third-order valence-electron chi connectivity index (χ3n) is 3.14. The summed E-state index contributed by atoms with van der Waals surface area (Å²) in [6, 6.07) is 1.10. The van der Waals surface area contributed by atoms with Crippen molar-refractivity contribution < 1.29 is 45.9 Å². The summed E-state index contributed by atoms with van der Waals surface area (Å²) in [7, 11) is 1.06. The summed E-state index contributed by atoms with van der Waals surface area (Å²) < 4.78 is 71.1. The van der Waals surface area contributed by atoms with E-state index in [4.69, 9.17) is 0 Å². The second kappa shape index (κ2) is 8.14. The fraction of sp³-hybridized carbons (Fsp3) is 0.429. The van der Waals surface area contributed by atoms with Crippen molar-refractivity contribution >= 4 is 17.6 Å². The first-order valence-electron chi connectivity index (χ1n) is 7.04. The van der Waals surface area contributed by atoms with Crippen LogP contribution in [0.3, 0.4) is 0 Å². The van der Waals surface area contributed by atoms with Gasteiger partial charge in [-0.1, -0.05) is 0 Å². The Morgan fingerprint density at radius 3 is 2.33 bits per heavy atom. The van der Waals surface area contributed by atoms with Crippen LogP contribution in [0.25, 0.3) is 0 Å². The molecule has 0 spiro atoms. The number of hydrogen-bond donors (Lipinski definition) is 1. The number of ether oxygens (including phenoxy) is 2. The lowest BCUT2D eigenvalue weighted by molar-refractivity contribution is -0.386. The zero-order chi connectivity index (χ0) is 21.0. The average Bonchev–Trinajstić information content (AvgIpc) is 2.57. The molecule has 0 aliphatic rings. The van der Waals surface area contributed by atoms with Crippen molar-refractivity contribution in [2.75, 3.05) is 13.7 Å². The van der Waals surface area contributed by atoms with Crippen LogP contribution in [0.2, 0.25) is 0 Å². The Balaban J connectivity index is 3.09. The minimum absolute atomic E-state index is 0.373. The normalized spacial score (nSPS) is 12.9. The molecule has 0 radical (unpaired) electrons. The predicted molar refractivity (Wildman–Crippen MR) is 78.5 cm³/mol. The van der Waals surface area contributed by atoms with Gasteiger partial charge in [0.25, 0.3) is 5.91 Å². The number of nitrogens with zero attached hydrogens (tertiary/aromatic N) is 1. The summed E-state index contributed by atoms with van der Waals surface area (Å²) in [5.41, 5.74) is -1.30. The molecule has 0 unspecified atom stereocenters. The van der Waals surface area contributed by atoms with E-state index in [-0.39, 0.29) is 5.56 Å². The van der Waals surface area contributed by atoms with Crippen molar-refractivity contribution in [3.05, 3.63) is 33.9 Å². The van der Waals surface area contributed by atoms with Gasteiger partial charge >= 0.3 is 23.8 Å². The zero-order valence-corrected chi connectivity index (χ0v) is 13.8. The Morgan fingerprint density at radius 1 is 1.26 bits per heavy atom. The molecular formula is C14H13F5N2O6. The van der Waals surface area contributed by atoms with E-state index in [9.17, 15) is 41.7 Å². The van der Waals surface area contributed by atoms with E-state index in [2.05, 4.69) is 14.8 Å². The molecule has 27 heavy (non-hydrogen) atoms. The number of amides is 1. The number of alkyl halides is 5. The molecule has 1 N–H and O–H groups in total. The highest BCUT2D eigenvalue weighted by Gasteiger charge is 2.58. The van der Waals surface area contributed by atoms with Crippen LogP contribution in [0.5, 0.6) is 5.75 Å². The molecule has 1 amide bonds. The topological polar surface area (TPSA) is 108 Å². The van der Waals surface area contributed by atoms with Gasteiger partial charge in [0.05, 0.1) is 12.0 Å². The van der Waals surface area contributed by atoms with E-state index in [1.165, 1.54) is 6.92 Å². The number of nitro benzene ring substituents is 1. The molecule has 0 saturated heterocycles. The second-order valence-electron chi connectivity index (χ2n) is 5.15. The Morgan fingerprint density at radius 2 is 1.85 bits per heavy atom. The summed E-state index contributed by atoms with van der Waals surface area (Å²) in [4.78, 5) is 33.1. The molecule has 0 aliphatic carbocycles. The smallest absolute Gasteiger partial charge is 0.456 e. The van der Waals surface area contributed by atoms with Crippen LogP contribution in [-0.4, -0.2) is 48.7 Å². The predicted octanol–water partition coefficient (Wildman–Crippen LogP) is 2.46. The molecule has 1 aromatic carbocycles. The molecule has 8 nitrogen and oxygen atoms in total. The lowest BCUT2D eigenvalue weighted by Gasteiger charge is -2.20. The number of carbonyl (C=O) groups excluding carboxylic acids is 2. The van der Waals surface area contributed by atoms with Gasteiger partial charge in [-0.2, -0.15) is 22.0 Å². The van der Waals surface area contributed by atoms with Gasteiger partial charge in [-0.05, 0) is 13.0 Å². The molecule has 150 valence electrons. The highest BCUT2D eigenvalue weighted by Crippen LogP contribution is 2.37. The number of carbonyl (C=O) groups is 2. The Kier molecular flexibility index (Phi) is 6.65. The maximum Gasteiger partial charge on any atom is 0.456 e. The maximum absolute atomic E-state index is 13.0. The third-order valence-corrected chi connectivity index (χ3v) is 3.14. The van der Waals surface area contributed by atoms with Crippen molar-refractivity contribution in [2.45, 2.75) is 25.1 Å². The first-order valence-corrected chi connectivity index (χ1v) is 7.04. The number of methoxy groups -OCH3 is 1. The van der Waals surface area contributed by atoms with Crippen molar-refractivity contribution in [3.8, 4) is 5.75 Å². The molecule has 0 fully saturated rings. The summed E-state index contributed by atoms with van der Waals surface area (Å²) >= 11 is 0. The Hall–Kier alpha value is -2.99. The van der Waals surface area contributed by atoms with E-state index in [0.717, 1.165) is 13.2 Å². The van der Waals surface area contributed by atoms with E-state index in [1.807, 2.05) is 0 Å². The van der Waals surface area contributed by atoms with E-state index in [0.29, 0.717) is 12.1 Å². The van der Waals surface area contributed by atoms with E-state index < -0.39 is 53.0 Å². The molecular weight excluding hydrogens is 387 g/mol. The molecule has 1 rings (SSSR count). The van der Waals surface area contributed by atoms with Crippen LogP contribution in [0.4, 0.5) is 27.6 Å². The SMILES string of the molecule is COC(=O)[C@H](C)NC(=O)c1ccc([N+](=O)[O-])c(OCC(F)(F)C(F)(F)F)c1. The average molecular weight is 400 g/mol. The third kappa shape index (κ3) is 5.49. The maximum atomic E-state index is 13.0. The summed E-state index contributed by atoms with van der Waals surface area (Å²) in [6.07, 6.45) is -5.92. The van der Waals surface area contributed by atoms with Crippen molar-refractivity contribution in [1.82, 2.24) is 5.32 Å². The minimum Gasteiger partial charge on any atom is -0.480 e. The molecule has 0 saturated carbocycles. The van der Waals surface area contributed by atoms with Gasteiger partial charge in [-0.15, -0.1) is 0 Å². The Bertz CT molecular complexity index is 737. The van der Waals surface area contributed by atoms with Crippen molar-refractivity contribution in [1.29, 1.82) is 0 Å². The summed E-state index contributed by atoms with van der Waals surface area (Å²) in [5, 5.41) is 13.0. The molecule has 0 aromatic heterocycles. The highest BCUT2D eigenvalue weighted by atomic mass is 19.4. The van der Waals surface area contributed by atoms with Crippen LogP contribution in [-0.2, 0) is 9.53 Å². The lowest BCUT2D eigenvalue weighted by atomic mass is 10.1. The van der Waals surface area contributed by atoms with E-state index >= 15 is 0 Å². The van der Waals surface area contributed by atoms with Crippen LogP contribution < -0.4 is 10.1 Å². The number of esters is 1. The number of halogens is 5. The van der Waals surface area contributed by atoms with Crippen LogP contribution in [0.15, 0.2) is 18.2 Å². The van der Waals surface area contributed by atoms with Crippen LogP contribution >= 0.6 is 0 Å². The van der Waals surface area contributed by atoms with Gasteiger partial charge in [0.2, 0.25) is 0 Å². The molecule has 0 bridgehead atoms. The summed E-state index contributed by atoms with van der Waals surface area (Å²) in [6.45, 7) is -0.961. The minimum atomic E-state index is -5.92. The number of nitrogens with one attached hydrogen (secondary N) is 1. The summed E-state index contributed by atoms with van der Waals surface area (Å²) in [5.74, 6) is -8.01. The lowest BCUT2D eigenvalue weighted by Crippen LogP contribution is -2.42. The fourth-order valence-corrected chi connectivity index (χ4v) is 1.69. The molecule has 1 aromatic rings. The largest absolute Gasteiger partial charge is 0.480 e. The van der Waals surface area contributed by atoms with Crippen LogP contribution in [0, 0.1) is 10.1 Å².